The van der Waals surface area contributed by atoms with E-state index >= 15 is 0 Å². The molecule has 0 saturated carbocycles. The minimum atomic E-state index is -0.0727. The molecule has 0 heterocycles. The molecule has 29 heavy (non-hydrogen) atoms. The van der Waals surface area contributed by atoms with E-state index in [1.165, 1.54) is 0 Å². The third-order valence-electron chi connectivity index (χ3n) is 5.78. The van der Waals surface area contributed by atoms with E-state index in [4.69, 9.17) is 0 Å². The van der Waals surface area contributed by atoms with Crippen LogP contribution in [0.5, 0.6) is 0 Å². The molecule has 1 aliphatic carbocycles. The summed E-state index contributed by atoms with van der Waals surface area (Å²) in [6.45, 7) is 2.50. The summed E-state index contributed by atoms with van der Waals surface area (Å²) in [4.78, 5) is 26.3. The fourth-order valence-electron chi connectivity index (χ4n) is 4.32. The Morgan fingerprint density at radius 2 is 2.03 bits per heavy atom. The van der Waals surface area contributed by atoms with Crippen molar-refractivity contribution in [3.63, 3.8) is 0 Å². The Hall–Kier alpha value is -2.50. The zero-order valence-electron chi connectivity index (χ0n) is 17.1. The number of hydrogen-bond acceptors (Lipinski definition) is 3. The molecule has 2 unspecified atom stereocenters. The van der Waals surface area contributed by atoms with Crippen molar-refractivity contribution in [3.05, 3.63) is 63.7 Å². The first-order valence-electron chi connectivity index (χ1n) is 10.1. The van der Waals surface area contributed by atoms with E-state index in [1.54, 1.807) is 18.0 Å². The van der Waals surface area contributed by atoms with Crippen LogP contribution < -0.4 is 5.30 Å². The number of amides is 1. The fourth-order valence-corrected chi connectivity index (χ4v) is 4.66. The van der Waals surface area contributed by atoms with Gasteiger partial charge in [0.1, 0.15) is 6.29 Å². The number of carbonyl (C=O) groups excluding carboxylic acids is 2. The first kappa shape index (κ1) is 21.2. The van der Waals surface area contributed by atoms with Crippen molar-refractivity contribution in [1.29, 1.82) is 5.26 Å². The molecule has 0 N–H and O–H groups in total. The topological polar surface area (TPSA) is 61.2 Å². The second-order valence-electron chi connectivity index (χ2n) is 7.88. The summed E-state index contributed by atoms with van der Waals surface area (Å²) in [5.74, 6) is -0.126. The van der Waals surface area contributed by atoms with Crippen molar-refractivity contribution in [2.45, 2.75) is 44.9 Å². The van der Waals surface area contributed by atoms with Gasteiger partial charge < -0.3 is 9.69 Å². The van der Waals surface area contributed by atoms with Crippen LogP contribution in [0.25, 0.3) is 0 Å². The molecule has 1 amide bonds. The Kier molecular flexibility index (Phi) is 6.83. The maximum Gasteiger partial charge on any atom is 0.253 e. The van der Waals surface area contributed by atoms with E-state index < -0.39 is 0 Å². The Bertz CT molecular complexity index is 978. The molecule has 0 aliphatic heterocycles. The maximum atomic E-state index is 13.3. The number of aryl methyl sites for hydroxylation is 2. The second-order valence-corrected chi connectivity index (χ2v) is 8.55. The van der Waals surface area contributed by atoms with Crippen LogP contribution in [0.1, 0.15) is 63.4 Å². The highest BCUT2D eigenvalue weighted by atomic mass is 31.0. The molecular weight excluding hydrogens is 379 g/mol. The fraction of sp³-hybridized carbons (Fsp3) is 0.375. The number of nitriles is 1. The zero-order valence-corrected chi connectivity index (χ0v) is 18.2. The van der Waals surface area contributed by atoms with Gasteiger partial charge in [-0.25, -0.2) is 0 Å². The SMILES string of the molecule is Cc1cc(P)ccc1C(CC=O)CN(C)C(=O)c1cc(C#N)cc2c1CCCC2. The summed E-state index contributed by atoms with van der Waals surface area (Å²) in [5.41, 5.74) is 5.61. The summed E-state index contributed by atoms with van der Waals surface area (Å²) in [7, 11) is 4.47. The first-order chi connectivity index (χ1) is 13.9. The highest BCUT2D eigenvalue weighted by molar-refractivity contribution is 7.27. The molecule has 3 rings (SSSR count). The van der Waals surface area contributed by atoms with E-state index in [0.29, 0.717) is 24.1 Å². The quantitative estimate of drug-likeness (QED) is 0.543. The third-order valence-corrected chi connectivity index (χ3v) is 6.14. The predicted octanol–water partition coefficient (Wildman–Crippen LogP) is 3.69. The molecule has 0 bridgehead atoms. The van der Waals surface area contributed by atoms with E-state index in [0.717, 1.165) is 59.5 Å². The molecule has 1 aliphatic rings. The van der Waals surface area contributed by atoms with Crippen LogP contribution in [0.2, 0.25) is 0 Å². The number of fused-ring (bicyclic) bond motifs is 1. The Morgan fingerprint density at radius 3 is 2.72 bits per heavy atom. The molecule has 0 saturated heterocycles. The third kappa shape index (κ3) is 4.74. The van der Waals surface area contributed by atoms with E-state index in [-0.39, 0.29) is 11.8 Å². The van der Waals surface area contributed by atoms with Gasteiger partial charge in [0.05, 0.1) is 11.6 Å². The van der Waals surface area contributed by atoms with Gasteiger partial charge >= 0.3 is 0 Å². The van der Waals surface area contributed by atoms with Gasteiger partial charge in [-0.05, 0) is 72.3 Å². The van der Waals surface area contributed by atoms with Crippen molar-refractivity contribution < 1.29 is 9.59 Å². The van der Waals surface area contributed by atoms with Crippen LogP contribution in [-0.4, -0.2) is 30.7 Å². The number of likely N-dealkylation sites (N-methyl/N-ethyl adjacent to an activating group) is 1. The van der Waals surface area contributed by atoms with Crippen LogP contribution in [-0.2, 0) is 17.6 Å². The number of aldehydes is 1. The lowest BCUT2D eigenvalue weighted by Crippen LogP contribution is -2.32. The lowest BCUT2D eigenvalue weighted by atomic mass is 9.86. The normalized spacial score (nSPS) is 13.9. The van der Waals surface area contributed by atoms with Gasteiger partial charge in [-0.15, -0.1) is 9.24 Å². The Morgan fingerprint density at radius 1 is 1.28 bits per heavy atom. The number of nitrogens with zero attached hydrogens (tertiary/aromatic N) is 2. The number of rotatable bonds is 6. The number of carbonyl (C=O) groups is 2. The molecule has 0 spiro atoms. The molecule has 2 aromatic rings. The van der Waals surface area contributed by atoms with Gasteiger partial charge in [-0.3, -0.25) is 4.79 Å². The van der Waals surface area contributed by atoms with E-state index in [1.807, 2.05) is 25.1 Å². The van der Waals surface area contributed by atoms with Gasteiger partial charge in [-0.2, -0.15) is 5.26 Å². The average molecular weight is 406 g/mol. The molecule has 2 aromatic carbocycles. The maximum absolute atomic E-state index is 13.3. The van der Waals surface area contributed by atoms with Crippen LogP contribution in [0, 0.1) is 18.3 Å². The zero-order chi connectivity index (χ0) is 21.0. The average Bonchev–Trinajstić information content (AvgIpc) is 2.72. The lowest BCUT2D eigenvalue weighted by Gasteiger charge is -2.27. The largest absolute Gasteiger partial charge is 0.341 e. The number of benzene rings is 2. The Labute approximate surface area is 175 Å². The van der Waals surface area contributed by atoms with Gasteiger partial charge in [0.25, 0.3) is 5.91 Å². The molecule has 2 atom stereocenters. The molecular formula is C24H27N2O2P. The van der Waals surface area contributed by atoms with Crippen LogP contribution >= 0.6 is 9.24 Å². The Balaban J connectivity index is 1.89. The molecule has 4 nitrogen and oxygen atoms in total. The smallest absolute Gasteiger partial charge is 0.253 e. The van der Waals surface area contributed by atoms with Gasteiger partial charge in [-0.1, -0.05) is 18.2 Å². The summed E-state index contributed by atoms with van der Waals surface area (Å²) < 4.78 is 0. The van der Waals surface area contributed by atoms with Crippen molar-refractivity contribution in [1.82, 2.24) is 4.90 Å². The molecule has 150 valence electrons. The van der Waals surface area contributed by atoms with E-state index in [2.05, 4.69) is 21.4 Å². The minimum Gasteiger partial charge on any atom is -0.341 e. The second kappa shape index (κ2) is 9.33. The van der Waals surface area contributed by atoms with Gasteiger partial charge in [0, 0.05) is 31.5 Å². The molecule has 0 fully saturated rings. The van der Waals surface area contributed by atoms with Crippen molar-refractivity contribution in [2.24, 2.45) is 0 Å². The molecule has 0 aromatic heterocycles. The highest BCUT2D eigenvalue weighted by Crippen LogP contribution is 2.28. The first-order valence-corrected chi connectivity index (χ1v) is 10.6. The van der Waals surface area contributed by atoms with Crippen molar-refractivity contribution >= 4 is 26.7 Å². The van der Waals surface area contributed by atoms with Crippen LogP contribution in [0.3, 0.4) is 0 Å². The van der Waals surface area contributed by atoms with Crippen molar-refractivity contribution in [3.8, 4) is 6.07 Å². The minimum absolute atomic E-state index is 0.0537. The van der Waals surface area contributed by atoms with E-state index in [9.17, 15) is 14.9 Å². The summed E-state index contributed by atoms with van der Waals surface area (Å²) >= 11 is 0. The van der Waals surface area contributed by atoms with Crippen LogP contribution in [0.4, 0.5) is 0 Å². The van der Waals surface area contributed by atoms with Crippen LogP contribution in [0.15, 0.2) is 30.3 Å². The number of hydrogen-bond donors (Lipinski definition) is 0. The summed E-state index contributed by atoms with van der Waals surface area (Å²) in [6.07, 6.45) is 5.25. The summed E-state index contributed by atoms with van der Waals surface area (Å²) in [5, 5.41) is 10.5. The monoisotopic (exact) mass is 406 g/mol. The summed E-state index contributed by atoms with van der Waals surface area (Å²) in [6, 6.07) is 12.0. The highest BCUT2D eigenvalue weighted by Gasteiger charge is 2.24. The van der Waals surface area contributed by atoms with Gasteiger partial charge in [0.2, 0.25) is 0 Å². The lowest BCUT2D eigenvalue weighted by molar-refractivity contribution is -0.108. The van der Waals surface area contributed by atoms with Crippen molar-refractivity contribution in [2.75, 3.05) is 13.6 Å². The molecule has 5 heteroatoms. The van der Waals surface area contributed by atoms with Gasteiger partial charge in [0.15, 0.2) is 0 Å². The predicted molar refractivity (Wildman–Crippen MR) is 119 cm³/mol. The standard InChI is InChI=1S/C24H27N2O2P/c1-16-11-20(29)7-8-21(16)19(9-10-27)15-26(2)24(28)23-13-17(14-25)12-18-5-3-4-6-22(18)23/h7-8,10-13,19H,3-6,9,15,29H2,1-2H3. The molecule has 0 radical (unpaired) electrons.